The molecule has 16 heavy (non-hydrogen) atoms. The molecule has 0 bridgehead atoms. The first kappa shape index (κ1) is 13.8. The zero-order valence-electron chi connectivity index (χ0n) is 9.63. The van der Waals surface area contributed by atoms with E-state index in [0.29, 0.717) is 6.54 Å². The van der Waals surface area contributed by atoms with Crippen molar-refractivity contribution >= 4 is 0 Å². The van der Waals surface area contributed by atoms with Crippen molar-refractivity contribution in [2.75, 3.05) is 6.54 Å². The highest BCUT2D eigenvalue weighted by molar-refractivity contribution is 4.97. The Morgan fingerprint density at radius 2 is 2.06 bits per heavy atom. The molecule has 0 aromatic carbocycles. The first-order valence-electron chi connectivity index (χ1n) is 5.61. The molecule has 0 radical (unpaired) electrons. The van der Waals surface area contributed by atoms with Crippen molar-refractivity contribution in [3.63, 3.8) is 0 Å². The summed E-state index contributed by atoms with van der Waals surface area (Å²) in [5, 5.41) is 41.3. The van der Waals surface area contributed by atoms with Gasteiger partial charge in [-0.3, -0.25) is 5.32 Å². The maximum absolute atomic E-state index is 9.92. The third-order valence-corrected chi connectivity index (χ3v) is 2.86. The van der Waals surface area contributed by atoms with Crippen molar-refractivity contribution in [2.45, 2.75) is 57.0 Å². The Morgan fingerprint density at radius 1 is 1.44 bits per heavy atom. The van der Waals surface area contributed by atoms with Gasteiger partial charge in [0.25, 0.3) is 0 Å². The number of hydrogen-bond donors (Lipinski definition) is 5. The molecular formula is C10H21NO5. The molecule has 0 aromatic heterocycles. The first-order valence-corrected chi connectivity index (χ1v) is 5.61. The molecule has 0 aromatic rings. The zero-order valence-corrected chi connectivity index (χ0v) is 9.63. The quantitative estimate of drug-likeness (QED) is 0.294. The zero-order chi connectivity index (χ0) is 12.3. The van der Waals surface area contributed by atoms with Crippen molar-refractivity contribution in [1.82, 2.24) is 5.32 Å². The van der Waals surface area contributed by atoms with Crippen LogP contribution in [0.2, 0.25) is 0 Å². The summed E-state index contributed by atoms with van der Waals surface area (Å²) in [6.45, 7) is 4.01. The van der Waals surface area contributed by atoms with Gasteiger partial charge < -0.3 is 25.2 Å². The van der Waals surface area contributed by atoms with E-state index < -0.39 is 30.3 Å². The molecule has 96 valence electrons. The van der Waals surface area contributed by atoms with Gasteiger partial charge in [0.2, 0.25) is 5.79 Å². The summed E-state index contributed by atoms with van der Waals surface area (Å²) in [6.07, 6.45) is -3.09. The minimum Gasteiger partial charge on any atom is -0.387 e. The number of aliphatic hydroxyl groups excluding tert-OH is 3. The Bertz CT molecular complexity index is 227. The predicted molar refractivity (Wildman–Crippen MR) is 56.4 cm³/mol. The van der Waals surface area contributed by atoms with Crippen molar-refractivity contribution in [2.24, 2.45) is 0 Å². The summed E-state index contributed by atoms with van der Waals surface area (Å²) in [4.78, 5) is 0. The van der Waals surface area contributed by atoms with Crippen LogP contribution in [0.25, 0.3) is 0 Å². The molecule has 0 spiro atoms. The number of ether oxygens (including phenoxy) is 1. The van der Waals surface area contributed by atoms with Crippen LogP contribution in [0.1, 0.15) is 26.7 Å². The van der Waals surface area contributed by atoms with E-state index in [1.54, 1.807) is 0 Å². The van der Waals surface area contributed by atoms with Crippen LogP contribution in [-0.4, -0.2) is 57.3 Å². The minimum absolute atomic E-state index is 0.501. The summed E-state index contributed by atoms with van der Waals surface area (Å²) in [7, 11) is 0. The Balaban J connectivity index is 2.56. The van der Waals surface area contributed by atoms with E-state index in [1.165, 1.54) is 6.92 Å². The van der Waals surface area contributed by atoms with Crippen LogP contribution < -0.4 is 5.32 Å². The highest BCUT2D eigenvalue weighted by atomic mass is 16.7. The fourth-order valence-electron chi connectivity index (χ4n) is 1.73. The van der Waals surface area contributed by atoms with E-state index in [4.69, 9.17) is 4.74 Å². The molecule has 1 fully saturated rings. The van der Waals surface area contributed by atoms with Gasteiger partial charge in [0, 0.05) is 0 Å². The molecule has 1 rings (SSSR count). The third kappa shape index (κ3) is 2.53. The van der Waals surface area contributed by atoms with E-state index >= 15 is 0 Å². The standard InChI is InChI=1S/C10H21NO5/c1-3-4-5-11-9(14)10(15)8(13)7(12)6(2)16-10/h6-9,11-15H,3-5H2,1-2H3/t6-,7+,8-,9?,10-/m0/s1. The van der Waals surface area contributed by atoms with Crippen LogP contribution in [-0.2, 0) is 4.74 Å². The van der Waals surface area contributed by atoms with Gasteiger partial charge in [-0.15, -0.1) is 0 Å². The lowest BCUT2D eigenvalue weighted by Crippen LogP contribution is -2.58. The Morgan fingerprint density at radius 3 is 2.50 bits per heavy atom. The maximum atomic E-state index is 9.92. The average molecular weight is 235 g/mol. The molecule has 0 amide bonds. The summed E-state index contributed by atoms with van der Waals surface area (Å²) < 4.78 is 5.01. The van der Waals surface area contributed by atoms with Gasteiger partial charge in [0.05, 0.1) is 6.10 Å². The molecule has 6 heteroatoms. The van der Waals surface area contributed by atoms with E-state index in [9.17, 15) is 20.4 Å². The topological polar surface area (TPSA) is 102 Å². The molecule has 1 saturated heterocycles. The lowest BCUT2D eigenvalue weighted by Gasteiger charge is -2.31. The summed E-state index contributed by atoms with van der Waals surface area (Å²) in [5.74, 6) is -2.15. The van der Waals surface area contributed by atoms with Gasteiger partial charge in [-0.25, -0.2) is 0 Å². The van der Waals surface area contributed by atoms with Crippen LogP contribution >= 0.6 is 0 Å². The number of unbranched alkanes of at least 4 members (excludes halogenated alkanes) is 1. The number of nitrogens with one attached hydrogen (secondary N) is 1. The second kappa shape index (κ2) is 5.39. The Hall–Kier alpha value is -0.240. The van der Waals surface area contributed by atoms with Crippen molar-refractivity contribution in [3.8, 4) is 0 Å². The monoisotopic (exact) mass is 235 g/mol. The minimum atomic E-state index is -2.15. The van der Waals surface area contributed by atoms with Gasteiger partial charge in [-0.2, -0.15) is 0 Å². The van der Waals surface area contributed by atoms with Crippen molar-refractivity contribution in [1.29, 1.82) is 0 Å². The third-order valence-electron chi connectivity index (χ3n) is 2.86. The summed E-state index contributed by atoms with van der Waals surface area (Å²) in [5.41, 5.74) is 0. The van der Waals surface area contributed by atoms with E-state index in [1.807, 2.05) is 6.92 Å². The van der Waals surface area contributed by atoms with Gasteiger partial charge in [-0.05, 0) is 19.9 Å². The fourth-order valence-corrected chi connectivity index (χ4v) is 1.73. The highest BCUT2D eigenvalue weighted by Crippen LogP contribution is 2.30. The van der Waals surface area contributed by atoms with Crippen LogP contribution in [0.15, 0.2) is 0 Å². The van der Waals surface area contributed by atoms with Crippen molar-refractivity contribution in [3.05, 3.63) is 0 Å². The number of rotatable bonds is 5. The molecule has 1 aliphatic heterocycles. The molecule has 6 nitrogen and oxygen atoms in total. The lowest BCUT2D eigenvalue weighted by molar-refractivity contribution is -0.281. The summed E-state index contributed by atoms with van der Waals surface area (Å²) in [6, 6.07) is 0. The molecule has 0 saturated carbocycles. The van der Waals surface area contributed by atoms with E-state index in [-0.39, 0.29) is 0 Å². The van der Waals surface area contributed by atoms with Gasteiger partial charge in [0.15, 0.2) is 6.23 Å². The van der Waals surface area contributed by atoms with Gasteiger partial charge in [-0.1, -0.05) is 13.3 Å². The fraction of sp³-hybridized carbons (Fsp3) is 1.00. The Kier molecular flexibility index (Phi) is 4.66. The number of aliphatic hydroxyl groups is 4. The maximum Gasteiger partial charge on any atom is 0.235 e. The predicted octanol–water partition coefficient (Wildman–Crippen LogP) is -1.48. The molecule has 5 N–H and O–H groups in total. The van der Waals surface area contributed by atoms with Crippen LogP contribution in [0.4, 0.5) is 0 Å². The van der Waals surface area contributed by atoms with Crippen LogP contribution in [0.3, 0.4) is 0 Å². The summed E-state index contributed by atoms with van der Waals surface area (Å²) >= 11 is 0. The number of hydrogen-bond acceptors (Lipinski definition) is 6. The molecule has 1 heterocycles. The second-order valence-electron chi connectivity index (χ2n) is 4.22. The SMILES string of the molecule is CCCCNC(O)[C@@]1(O)O[C@@H](C)[C@@H](O)[C@@H]1O. The van der Waals surface area contributed by atoms with Crippen LogP contribution in [0.5, 0.6) is 0 Å². The normalized spacial score (nSPS) is 41.2. The highest BCUT2D eigenvalue weighted by Gasteiger charge is 2.56. The molecule has 1 aliphatic rings. The lowest BCUT2D eigenvalue weighted by atomic mass is 10.0. The average Bonchev–Trinajstić information content (AvgIpc) is 2.44. The first-order chi connectivity index (χ1) is 7.43. The van der Waals surface area contributed by atoms with Crippen molar-refractivity contribution < 1.29 is 25.2 Å². The molecule has 1 unspecified atom stereocenters. The molecule has 5 atom stereocenters. The second-order valence-corrected chi connectivity index (χ2v) is 4.22. The largest absolute Gasteiger partial charge is 0.387 e. The van der Waals surface area contributed by atoms with Gasteiger partial charge >= 0.3 is 0 Å². The Labute approximate surface area is 94.9 Å². The van der Waals surface area contributed by atoms with E-state index in [0.717, 1.165) is 12.8 Å². The van der Waals surface area contributed by atoms with E-state index in [2.05, 4.69) is 5.32 Å². The van der Waals surface area contributed by atoms with Crippen LogP contribution in [0, 0.1) is 0 Å². The molecular weight excluding hydrogens is 214 g/mol. The molecule has 0 aliphatic carbocycles. The smallest absolute Gasteiger partial charge is 0.235 e. The van der Waals surface area contributed by atoms with Gasteiger partial charge in [0.1, 0.15) is 12.2 Å².